The lowest BCUT2D eigenvalue weighted by Gasteiger charge is -2.34. The van der Waals surface area contributed by atoms with Gasteiger partial charge < -0.3 is 0 Å². The Balaban J connectivity index is 0. The van der Waals surface area contributed by atoms with E-state index in [1.165, 1.54) is 0 Å². The van der Waals surface area contributed by atoms with E-state index >= 15 is 0 Å². The van der Waals surface area contributed by atoms with Crippen LogP contribution in [0.5, 0.6) is 0 Å². The maximum Gasteiger partial charge on any atom is 0.387 e. The highest BCUT2D eigenvalue weighted by Crippen LogP contribution is 2.36. The number of hydrogen-bond donors (Lipinski definition) is 1. The molecule has 0 bridgehead atoms. The SMILES string of the molecule is CC(C)(C)C(C)(C)P.O=S(=O)(F)NS(=O)(=O)F. The molecule has 0 aliphatic carbocycles. The highest BCUT2D eigenvalue weighted by molar-refractivity contribution is 7.99. The van der Waals surface area contributed by atoms with Crippen molar-refractivity contribution in [2.45, 2.75) is 39.8 Å². The molecule has 0 fully saturated rings. The zero-order chi connectivity index (χ0) is 14.7. The second kappa shape index (κ2) is 5.86. The van der Waals surface area contributed by atoms with Crippen LogP contribution in [0, 0.1) is 5.41 Å². The van der Waals surface area contributed by atoms with Gasteiger partial charge in [0.2, 0.25) is 0 Å². The molecule has 0 amide bonds. The fourth-order valence-corrected chi connectivity index (χ4v) is 1.07. The summed E-state index contributed by atoms with van der Waals surface area (Å²) in [7, 11) is -8.13. The van der Waals surface area contributed by atoms with Gasteiger partial charge in [-0.2, -0.15) is 16.8 Å². The van der Waals surface area contributed by atoms with Crippen molar-refractivity contribution in [1.29, 1.82) is 0 Å². The van der Waals surface area contributed by atoms with Crippen LogP contribution < -0.4 is 4.13 Å². The van der Waals surface area contributed by atoms with Crippen LogP contribution in [-0.4, -0.2) is 22.0 Å². The molecule has 0 heterocycles. The Morgan fingerprint density at radius 3 is 1.06 bits per heavy atom. The quantitative estimate of drug-likeness (QED) is 0.621. The van der Waals surface area contributed by atoms with Gasteiger partial charge in [0, 0.05) is 0 Å². The summed E-state index contributed by atoms with van der Waals surface area (Å²) in [6.07, 6.45) is 0. The standard InChI is InChI=1S/C7H17P.F2HNO4S2/c1-6(2,3)7(4,5)8;1-8(4,5)3-9(2,6)7/h8H2,1-5H3;3H. The van der Waals surface area contributed by atoms with Crippen molar-refractivity contribution < 1.29 is 24.6 Å². The zero-order valence-electron chi connectivity index (χ0n) is 10.3. The van der Waals surface area contributed by atoms with Gasteiger partial charge >= 0.3 is 20.8 Å². The van der Waals surface area contributed by atoms with Gasteiger partial charge in [-0.3, -0.25) is 0 Å². The summed E-state index contributed by atoms with van der Waals surface area (Å²) in [4.78, 5) is 0. The Morgan fingerprint density at radius 1 is 0.882 bits per heavy atom. The van der Waals surface area contributed by atoms with Gasteiger partial charge in [0.05, 0.1) is 0 Å². The predicted molar refractivity (Wildman–Crippen MR) is 66.4 cm³/mol. The van der Waals surface area contributed by atoms with Crippen LogP contribution >= 0.6 is 9.24 Å². The summed E-state index contributed by atoms with van der Waals surface area (Å²) in [6.45, 7) is 11.2. The summed E-state index contributed by atoms with van der Waals surface area (Å²) in [5.41, 5.74) is 0.400. The van der Waals surface area contributed by atoms with E-state index < -0.39 is 20.8 Å². The molecule has 0 radical (unpaired) electrons. The van der Waals surface area contributed by atoms with Crippen molar-refractivity contribution in [2.75, 3.05) is 0 Å². The van der Waals surface area contributed by atoms with E-state index in [1.54, 1.807) is 0 Å². The first kappa shape index (κ1) is 19.5. The lowest BCUT2D eigenvalue weighted by Crippen LogP contribution is -2.29. The first-order valence-corrected chi connectivity index (χ1v) is 7.77. The average Bonchev–Trinajstić information content (AvgIpc) is 1.71. The van der Waals surface area contributed by atoms with Gasteiger partial charge in [0.25, 0.3) is 0 Å². The predicted octanol–water partition coefficient (Wildman–Crippen LogP) is 1.69. The minimum atomic E-state index is -5.49. The molecule has 0 aromatic rings. The maximum atomic E-state index is 11.1. The molecular weight excluding hydrogens is 295 g/mol. The van der Waals surface area contributed by atoms with Crippen LogP contribution in [0.25, 0.3) is 0 Å². The van der Waals surface area contributed by atoms with Gasteiger partial charge in [-0.25, -0.2) is 0 Å². The normalized spacial score (nSPS) is 13.9. The van der Waals surface area contributed by atoms with Gasteiger partial charge in [-0.1, -0.05) is 46.5 Å². The summed E-state index contributed by atoms with van der Waals surface area (Å²) >= 11 is 0. The fourth-order valence-electron chi connectivity index (χ4n) is 0.119. The number of halogens is 2. The molecule has 1 N–H and O–H groups in total. The molecule has 0 aliphatic heterocycles. The van der Waals surface area contributed by atoms with Gasteiger partial charge in [-0.15, -0.1) is 9.24 Å². The Bertz CT molecular complexity index is 391. The van der Waals surface area contributed by atoms with Crippen molar-refractivity contribution in [3.63, 3.8) is 0 Å². The first-order valence-electron chi connectivity index (χ1n) is 4.42. The van der Waals surface area contributed by atoms with Gasteiger partial charge in [-0.05, 0) is 10.6 Å². The van der Waals surface area contributed by atoms with E-state index in [1.807, 2.05) is 0 Å². The molecule has 0 saturated heterocycles. The van der Waals surface area contributed by atoms with E-state index in [9.17, 15) is 24.6 Å². The molecule has 0 rings (SSSR count). The van der Waals surface area contributed by atoms with Crippen LogP contribution in [0.1, 0.15) is 34.6 Å². The zero-order valence-corrected chi connectivity index (χ0v) is 13.1. The van der Waals surface area contributed by atoms with Crippen LogP contribution in [0.2, 0.25) is 0 Å². The largest absolute Gasteiger partial charge is 0.387 e. The van der Waals surface area contributed by atoms with Crippen molar-refractivity contribution >= 4 is 30.1 Å². The summed E-state index contributed by atoms with van der Waals surface area (Å²) in [5, 5.41) is 0.354. The summed E-state index contributed by atoms with van der Waals surface area (Å²) in [6, 6.07) is 0. The first-order chi connectivity index (χ1) is 6.96. The van der Waals surface area contributed by atoms with E-state index in [0.29, 0.717) is 10.6 Å². The topological polar surface area (TPSA) is 80.3 Å². The molecule has 5 nitrogen and oxygen atoms in total. The monoisotopic (exact) mass is 313 g/mol. The lowest BCUT2D eigenvalue weighted by atomic mass is 9.82. The Labute approximate surface area is 104 Å². The summed E-state index contributed by atoms with van der Waals surface area (Å²) in [5.74, 6) is 0. The highest BCUT2D eigenvalue weighted by atomic mass is 32.3. The van der Waals surface area contributed by atoms with Crippen LogP contribution in [0.15, 0.2) is 0 Å². The molecule has 0 spiro atoms. The fraction of sp³-hybridized carbons (Fsp3) is 1.00. The highest BCUT2D eigenvalue weighted by Gasteiger charge is 2.27. The average molecular weight is 313 g/mol. The molecule has 10 heteroatoms. The van der Waals surface area contributed by atoms with Crippen LogP contribution in [0.3, 0.4) is 0 Å². The third-order valence-corrected chi connectivity index (χ3v) is 4.59. The molecule has 1 unspecified atom stereocenters. The second-order valence-corrected chi connectivity index (χ2v) is 8.79. The molecule has 1 atom stereocenters. The number of nitrogens with one attached hydrogen (secondary N) is 1. The minimum Gasteiger partial charge on any atom is -0.176 e. The molecule has 106 valence electrons. The van der Waals surface area contributed by atoms with Crippen LogP contribution in [0.4, 0.5) is 7.77 Å². The molecule has 0 aromatic heterocycles. The third kappa shape index (κ3) is 14.1. The summed E-state index contributed by atoms with van der Waals surface area (Å²) < 4.78 is 59.3. The van der Waals surface area contributed by atoms with E-state index in [4.69, 9.17) is 0 Å². The van der Waals surface area contributed by atoms with Crippen LogP contribution in [-0.2, 0) is 20.8 Å². The van der Waals surface area contributed by atoms with Gasteiger partial charge in [0.1, 0.15) is 0 Å². The molecule has 17 heavy (non-hydrogen) atoms. The maximum absolute atomic E-state index is 11.1. The number of hydrogen-bond acceptors (Lipinski definition) is 4. The Morgan fingerprint density at radius 2 is 1.06 bits per heavy atom. The van der Waals surface area contributed by atoms with E-state index in [-0.39, 0.29) is 4.13 Å². The lowest BCUT2D eigenvalue weighted by molar-refractivity contribution is 0.319. The van der Waals surface area contributed by atoms with Crippen molar-refractivity contribution in [2.24, 2.45) is 5.41 Å². The third-order valence-electron chi connectivity index (χ3n) is 2.13. The molecule has 0 aromatic carbocycles. The second-order valence-electron chi connectivity index (χ2n) is 4.93. The van der Waals surface area contributed by atoms with Crippen molar-refractivity contribution in [3.8, 4) is 0 Å². The molecule has 0 saturated carbocycles. The molecular formula is C7H18F2NO4PS2. The molecule has 0 aliphatic rings. The smallest absolute Gasteiger partial charge is 0.176 e. The van der Waals surface area contributed by atoms with Crippen molar-refractivity contribution in [3.05, 3.63) is 0 Å². The number of rotatable bonds is 2. The Hall–Kier alpha value is 0.150. The Kier molecular flexibility index (Phi) is 6.72. The van der Waals surface area contributed by atoms with Gasteiger partial charge in [0.15, 0.2) is 0 Å². The van der Waals surface area contributed by atoms with Crippen molar-refractivity contribution in [1.82, 2.24) is 4.13 Å². The van der Waals surface area contributed by atoms with E-state index in [2.05, 4.69) is 43.9 Å². The van der Waals surface area contributed by atoms with E-state index in [0.717, 1.165) is 0 Å². The minimum absolute atomic E-state index is 0.0694.